The fraction of sp³-hybridized carbons (Fsp3) is 0.292. The van der Waals surface area contributed by atoms with Gasteiger partial charge >= 0.3 is 0 Å². The quantitative estimate of drug-likeness (QED) is 0.498. The fourth-order valence-electron chi connectivity index (χ4n) is 3.21. The van der Waals surface area contributed by atoms with Crippen LogP contribution in [0.4, 0.5) is 4.39 Å². The summed E-state index contributed by atoms with van der Waals surface area (Å²) in [5.74, 6) is -0.923. The van der Waals surface area contributed by atoms with Crippen molar-refractivity contribution in [3.8, 4) is 0 Å². The molecule has 0 aliphatic rings. The highest BCUT2D eigenvalue weighted by molar-refractivity contribution is 5.99. The van der Waals surface area contributed by atoms with Crippen LogP contribution in [0.1, 0.15) is 64.8 Å². The summed E-state index contributed by atoms with van der Waals surface area (Å²) in [5.41, 5.74) is -0.244. The molecule has 1 aromatic carbocycles. The zero-order valence-electron chi connectivity index (χ0n) is 18.1. The van der Waals surface area contributed by atoms with Crippen LogP contribution in [-0.4, -0.2) is 22.9 Å². The van der Waals surface area contributed by atoms with Gasteiger partial charge in [-0.2, -0.15) is 0 Å². The zero-order valence-corrected chi connectivity index (χ0v) is 18.1. The molecule has 0 radical (unpaired) electrons. The molecule has 3 rings (SSSR count). The summed E-state index contributed by atoms with van der Waals surface area (Å²) in [7, 11) is 0. The largest absolute Gasteiger partial charge is 0.467 e. The van der Waals surface area contributed by atoms with Crippen molar-refractivity contribution in [2.45, 2.75) is 39.3 Å². The van der Waals surface area contributed by atoms with Crippen LogP contribution >= 0.6 is 0 Å². The minimum absolute atomic E-state index is 0.116. The number of furan rings is 1. The monoisotopic (exact) mass is 439 g/mol. The first-order valence-electron chi connectivity index (χ1n) is 10.5. The van der Waals surface area contributed by atoms with Crippen LogP contribution in [0.25, 0.3) is 0 Å². The van der Waals surface area contributed by atoms with E-state index in [9.17, 15) is 18.8 Å². The third-order valence-corrected chi connectivity index (χ3v) is 5.02. The number of hydrogen-bond acceptors (Lipinski definition) is 4. The number of nitrogens with zero attached hydrogens (tertiary/aromatic N) is 1. The highest BCUT2D eigenvalue weighted by Crippen LogP contribution is 2.14. The van der Waals surface area contributed by atoms with E-state index >= 15 is 0 Å². The molecule has 0 bridgehead atoms. The van der Waals surface area contributed by atoms with E-state index in [1.54, 1.807) is 35.8 Å². The molecule has 0 aliphatic carbocycles. The van der Waals surface area contributed by atoms with E-state index in [2.05, 4.69) is 10.6 Å². The normalized spacial score (nSPS) is 11.7. The summed E-state index contributed by atoms with van der Waals surface area (Å²) in [6, 6.07) is 8.75. The lowest BCUT2D eigenvalue weighted by atomic mass is 10.1. The van der Waals surface area contributed by atoms with Gasteiger partial charge in [-0.05, 0) is 43.2 Å². The Balaban J connectivity index is 1.90. The molecule has 2 amide bonds. The number of hydrogen-bond donors (Lipinski definition) is 2. The molecule has 32 heavy (non-hydrogen) atoms. The Bertz CT molecular complexity index is 1120. The molecule has 0 aliphatic heterocycles. The van der Waals surface area contributed by atoms with Gasteiger partial charge in [-0.3, -0.25) is 14.4 Å². The number of carbonyl (C=O) groups is 2. The Morgan fingerprint density at radius 1 is 1.09 bits per heavy atom. The van der Waals surface area contributed by atoms with Crippen LogP contribution in [0.2, 0.25) is 0 Å². The number of rotatable bonds is 9. The maximum atomic E-state index is 13.2. The highest BCUT2D eigenvalue weighted by Gasteiger charge is 2.21. The summed E-state index contributed by atoms with van der Waals surface area (Å²) in [5, 5.41) is 5.47. The van der Waals surface area contributed by atoms with Crippen molar-refractivity contribution in [3.63, 3.8) is 0 Å². The molecule has 3 aromatic rings. The molecule has 1 atom stereocenters. The van der Waals surface area contributed by atoms with Crippen LogP contribution < -0.4 is 16.1 Å². The second-order valence-corrected chi connectivity index (χ2v) is 7.52. The lowest BCUT2D eigenvalue weighted by Gasteiger charge is -2.16. The molecule has 2 N–H and O–H groups in total. The maximum Gasteiger partial charge on any atom is 0.257 e. The lowest BCUT2D eigenvalue weighted by Crippen LogP contribution is -2.36. The summed E-state index contributed by atoms with van der Waals surface area (Å²) >= 11 is 0. The lowest BCUT2D eigenvalue weighted by molar-refractivity contribution is 0.0938. The molecule has 1 unspecified atom stereocenters. The topological polar surface area (TPSA) is 93.3 Å². The van der Waals surface area contributed by atoms with Crippen molar-refractivity contribution < 1.29 is 18.4 Å². The summed E-state index contributed by atoms with van der Waals surface area (Å²) in [6.07, 6.45) is 6.02. The van der Waals surface area contributed by atoms with Gasteiger partial charge in [0.15, 0.2) is 0 Å². The summed E-state index contributed by atoms with van der Waals surface area (Å²) < 4.78 is 20.1. The number of nitrogens with one attached hydrogen (secondary N) is 2. The van der Waals surface area contributed by atoms with Crippen LogP contribution in [0.5, 0.6) is 0 Å². The molecule has 0 fully saturated rings. The first kappa shape index (κ1) is 23.0. The van der Waals surface area contributed by atoms with E-state index in [-0.39, 0.29) is 23.5 Å². The van der Waals surface area contributed by atoms with Gasteiger partial charge in [0.2, 0.25) is 5.43 Å². The number of aromatic nitrogens is 1. The maximum absolute atomic E-state index is 13.2. The Morgan fingerprint density at radius 2 is 1.78 bits per heavy atom. The van der Waals surface area contributed by atoms with Gasteiger partial charge in [-0.1, -0.05) is 25.5 Å². The second-order valence-electron chi connectivity index (χ2n) is 7.52. The first-order valence-corrected chi connectivity index (χ1v) is 10.5. The minimum atomic E-state index is -0.654. The number of amides is 2. The third kappa shape index (κ3) is 5.72. The van der Waals surface area contributed by atoms with E-state index in [0.29, 0.717) is 17.9 Å². The molecule has 2 aromatic heterocycles. The fourth-order valence-corrected chi connectivity index (χ4v) is 3.21. The van der Waals surface area contributed by atoms with Crippen molar-refractivity contribution in [1.82, 2.24) is 15.2 Å². The van der Waals surface area contributed by atoms with Crippen LogP contribution in [0.3, 0.4) is 0 Å². The van der Waals surface area contributed by atoms with Crippen molar-refractivity contribution >= 4 is 11.8 Å². The SMILES string of the molecule is CCCCNC(=O)c1cn(Cc2ccco2)cc(C(=O)NC(C)c2ccc(F)cc2)c1=O. The number of benzene rings is 1. The molecule has 0 saturated carbocycles. The first-order chi connectivity index (χ1) is 15.4. The average Bonchev–Trinajstić information content (AvgIpc) is 3.28. The minimum Gasteiger partial charge on any atom is -0.467 e. The van der Waals surface area contributed by atoms with Gasteiger partial charge in [0.1, 0.15) is 22.7 Å². The molecule has 0 spiro atoms. The van der Waals surface area contributed by atoms with Crippen molar-refractivity contribution in [2.75, 3.05) is 6.54 Å². The molecule has 8 heteroatoms. The molecule has 0 saturated heterocycles. The van der Waals surface area contributed by atoms with E-state index in [1.165, 1.54) is 30.8 Å². The molecular formula is C24H26FN3O4. The Hall–Kier alpha value is -3.68. The van der Waals surface area contributed by atoms with Gasteiger partial charge in [-0.15, -0.1) is 0 Å². The Morgan fingerprint density at radius 3 is 2.41 bits per heavy atom. The van der Waals surface area contributed by atoms with E-state index in [0.717, 1.165) is 12.8 Å². The van der Waals surface area contributed by atoms with Gasteiger partial charge in [0, 0.05) is 18.9 Å². The standard InChI is InChI=1S/C24H26FN3O4/c1-3-4-11-26-23(30)20-14-28(13-19-6-5-12-32-19)15-21(22(20)29)24(31)27-16(2)17-7-9-18(25)10-8-17/h5-10,12,14-16H,3-4,11,13H2,1-2H3,(H,26,30)(H,27,31). The molecule has 2 heterocycles. The van der Waals surface area contributed by atoms with E-state index < -0.39 is 23.3 Å². The van der Waals surface area contributed by atoms with Crippen LogP contribution in [0, 0.1) is 5.82 Å². The van der Waals surface area contributed by atoms with Crippen LogP contribution in [-0.2, 0) is 6.54 Å². The van der Waals surface area contributed by atoms with Crippen molar-refractivity contribution in [2.24, 2.45) is 0 Å². The number of unbranched alkanes of at least 4 members (excludes halogenated alkanes) is 1. The van der Waals surface area contributed by atoms with E-state index in [1.807, 2.05) is 6.92 Å². The van der Waals surface area contributed by atoms with Crippen molar-refractivity contribution in [1.29, 1.82) is 0 Å². The summed E-state index contributed by atoms with van der Waals surface area (Å²) in [6.45, 7) is 4.41. The predicted octanol–water partition coefficient (Wildman–Crippen LogP) is 3.65. The van der Waals surface area contributed by atoms with Gasteiger partial charge in [0.25, 0.3) is 11.8 Å². The number of carbonyl (C=O) groups excluding carboxylic acids is 2. The van der Waals surface area contributed by atoms with Gasteiger partial charge in [-0.25, -0.2) is 4.39 Å². The average molecular weight is 439 g/mol. The summed E-state index contributed by atoms with van der Waals surface area (Å²) in [4.78, 5) is 38.6. The van der Waals surface area contributed by atoms with Gasteiger partial charge < -0.3 is 19.6 Å². The van der Waals surface area contributed by atoms with E-state index in [4.69, 9.17) is 4.42 Å². The molecule has 168 valence electrons. The Kier molecular flexibility index (Phi) is 7.59. The van der Waals surface area contributed by atoms with Crippen molar-refractivity contribution in [3.05, 3.63) is 93.5 Å². The third-order valence-electron chi connectivity index (χ3n) is 5.02. The second kappa shape index (κ2) is 10.6. The predicted molar refractivity (Wildman–Crippen MR) is 118 cm³/mol. The number of pyridine rings is 1. The molecule has 7 nitrogen and oxygen atoms in total. The highest BCUT2D eigenvalue weighted by atomic mass is 19.1. The van der Waals surface area contributed by atoms with Gasteiger partial charge in [0.05, 0.1) is 18.8 Å². The Labute approximate surface area is 185 Å². The van der Waals surface area contributed by atoms with Crippen LogP contribution in [0.15, 0.2) is 64.3 Å². The smallest absolute Gasteiger partial charge is 0.257 e. The zero-order chi connectivity index (χ0) is 23.1. The number of halogens is 1. The molecular weight excluding hydrogens is 413 g/mol.